The van der Waals surface area contributed by atoms with Crippen molar-refractivity contribution in [2.24, 2.45) is 0 Å². The van der Waals surface area contributed by atoms with Crippen LogP contribution in [0.5, 0.6) is 11.5 Å². The fraction of sp³-hybridized carbons (Fsp3) is 0.200. The molecule has 1 aliphatic rings. The first-order valence-electron chi connectivity index (χ1n) is 6.12. The number of rotatable bonds is 4. The highest BCUT2D eigenvalue weighted by Crippen LogP contribution is 2.30. The fourth-order valence-corrected chi connectivity index (χ4v) is 1.73. The van der Waals surface area contributed by atoms with Crippen LogP contribution >= 0.6 is 0 Å². The Labute approximate surface area is 111 Å². The van der Waals surface area contributed by atoms with Crippen molar-refractivity contribution in [3.63, 3.8) is 0 Å². The molecular formula is C15H15NO3. The number of epoxide rings is 1. The van der Waals surface area contributed by atoms with E-state index in [9.17, 15) is 5.11 Å². The van der Waals surface area contributed by atoms with Gasteiger partial charge in [0.15, 0.2) is 0 Å². The molecule has 0 aliphatic carbocycles. The summed E-state index contributed by atoms with van der Waals surface area (Å²) in [5, 5.41) is 12.5. The van der Waals surface area contributed by atoms with Crippen LogP contribution in [0.25, 0.3) is 0 Å². The van der Waals surface area contributed by atoms with E-state index in [0.717, 1.165) is 17.1 Å². The summed E-state index contributed by atoms with van der Waals surface area (Å²) in [5.74, 6) is 0.606. The molecule has 1 atom stereocenters. The summed E-state index contributed by atoms with van der Waals surface area (Å²) >= 11 is 0. The second kappa shape index (κ2) is 4.48. The zero-order chi connectivity index (χ0) is 13.3. The lowest BCUT2D eigenvalue weighted by Crippen LogP contribution is -2.14. The molecule has 2 aromatic carbocycles. The number of benzene rings is 2. The normalized spacial score (nSPS) is 20.9. The number of hydrogen-bond donors (Lipinski definition) is 2. The molecule has 2 aromatic rings. The van der Waals surface area contributed by atoms with E-state index >= 15 is 0 Å². The van der Waals surface area contributed by atoms with Gasteiger partial charge in [0.2, 0.25) is 5.79 Å². The van der Waals surface area contributed by atoms with Crippen molar-refractivity contribution in [3.8, 4) is 11.5 Å². The third kappa shape index (κ3) is 2.98. The number of phenolic OH excluding ortho intramolecular Hbond substituents is 1. The molecule has 19 heavy (non-hydrogen) atoms. The third-order valence-corrected chi connectivity index (χ3v) is 2.89. The maximum atomic E-state index is 9.22. The summed E-state index contributed by atoms with van der Waals surface area (Å²) in [7, 11) is 0. The maximum absolute atomic E-state index is 9.22. The summed E-state index contributed by atoms with van der Waals surface area (Å²) in [6.07, 6.45) is 0. The molecule has 0 amide bonds. The summed E-state index contributed by atoms with van der Waals surface area (Å²) in [6, 6.07) is 14.6. The Morgan fingerprint density at radius 2 is 1.58 bits per heavy atom. The average molecular weight is 257 g/mol. The fourth-order valence-electron chi connectivity index (χ4n) is 1.73. The van der Waals surface area contributed by atoms with Crippen LogP contribution in [0.1, 0.15) is 6.92 Å². The quantitative estimate of drug-likeness (QED) is 0.652. The Morgan fingerprint density at radius 3 is 2.11 bits per heavy atom. The van der Waals surface area contributed by atoms with Crippen LogP contribution in [0.2, 0.25) is 0 Å². The Kier molecular flexibility index (Phi) is 2.80. The van der Waals surface area contributed by atoms with E-state index in [1.54, 1.807) is 12.1 Å². The number of ether oxygens (including phenoxy) is 2. The molecule has 1 unspecified atom stereocenters. The molecule has 98 valence electrons. The van der Waals surface area contributed by atoms with E-state index in [1.807, 2.05) is 43.3 Å². The van der Waals surface area contributed by atoms with Gasteiger partial charge >= 0.3 is 0 Å². The number of hydrogen-bond acceptors (Lipinski definition) is 4. The van der Waals surface area contributed by atoms with Crippen LogP contribution in [0.4, 0.5) is 11.4 Å². The lowest BCUT2D eigenvalue weighted by Gasteiger charge is -2.11. The third-order valence-electron chi connectivity index (χ3n) is 2.89. The van der Waals surface area contributed by atoms with Crippen LogP contribution in [0.3, 0.4) is 0 Å². The summed E-state index contributed by atoms with van der Waals surface area (Å²) in [5.41, 5.74) is 1.88. The van der Waals surface area contributed by atoms with E-state index in [4.69, 9.17) is 9.47 Å². The van der Waals surface area contributed by atoms with Gasteiger partial charge in [0.25, 0.3) is 0 Å². The summed E-state index contributed by atoms with van der Waals surface area (Å²) in [4.78, 5) is 0. The number of aromatic hydroxyl groups is 1. The van der Waals surface area contributed by atoms with Gasteiger partial charge in [-0.2, -0.15) is 0 Å². The molecule has 0 aromatic heterocycles. The van der Waals surface area contributed by atoms with E-state index in [0.29, 0.717) is 6.61 Å². The Morgan fingerprint density at radius 1 is 1.05 bits per heavy atom. The molecule has 4 nitrogen and oxygen atoms in total. The smallest absolute Gasteiger partial charge is 0.231 e. The molecule has 1 heterocycles. The van der Waals surface area contributed by atoms with Crippen LogP contribution in [0.15, 0.2) is 48.5 Å². The molecule has 2 N–H and O–H groups in total. The zero-order valence-corrected chi connectivity index (χ0v) is 10.6. The van der Waals surface area contributed by atoms with Crippen molar-refractivity contribution >= 4 is 11.4 Å². The topological polar surface area (TPSA) is 54.0 Å². The predicted octanol–water partition coefficient (Wildman–Crippen LogP) is 3.26. The van der Waals surface area contributed by atoms with Gasteiger partial charge in [-0.25, -0.2) is 0 Å². The van der Waals surface area contributed by atoms with Crippen LogP contribution < -0.4 is 10.1 Å². The largest absolute Gasteiger partial charge is 0.508 e. The predicted molar refractivity (Wildman–Crippen MR) is 72.8 cm³/mol. The van der Waals surface area contributed by atoms with E-state index in [1.165, 1.54) is 0 Å². The van der Waals surface area contributed by atoms with Crippen LogP contribution in [-0.2, 0) is 4.74 Å². The summed E-state index contributed by atoms with van der Waals surface area (Å²) in [6.45, 7) is 2.55. The molecular weight excluding hydrogens is 242 g/mol. The molecule has 0 radical (unpaired) electrons. The van der Waals surface area contributed by atoms with E-state index in [2.05, 4.69) is 5.32 Å². The molecule has 4 heteroatoms. The van der Waals surface area contributed by atoms with Gasteiger partial charge in [0.1, 0.15) is 18.1 Å². The van der Waals surface area contributed by atoms with Crippen molar-refractivity contribution in [2.45, 2.75) is 12.7 Å². The lowest BCUT2D eigenvalue weighted by atomic mass is 10.2. The van der Waals surface area contributed by atoms with Crippen molar-refractivity contribution in [3.05, 3.63) is 48.5 Å². The molecule has 0 saturated carbocycles. The van der Waals surface area contributed by atoms with Gasteiger partial charge in [-0.15, -0.1) is 0 Å². The minimum atomic E-state index is -0.439. The minimum absolute atomic E-state index is 0.256. The van der Waals surface area contributed by atoms with Crippen LogP contribution in [0, 0.1) is 0 Å². The Hall–Kier alpha value is -2.20. The summed E-state index contributed by atoms with van der Waals surface area (Å²) < 4.78 is 10.8. The minimum Gasteiger partial charge on any atom is -0.508 e. The maximum Gasteiger partial charge on any atom is 0.231 e. The first kappa shape index (κ1) is 11.9. The van der Waals surface area contributed by atoms with Crippen molar-refractivity contribution in [1.82, 2.24) is 0 Å². The highest BCUT2D eigenvalue weighted by molar-refractivity contribution is 5.60. The Bertz CT molecular complexity index is 559. The van der Waals surface area contributed by atoms with Gasteiger partial charge in [-0.1, -0.05) is 0 Å². The lowest BCUT2D eigenvalue weighted by molar-refractivity contribution is 0.0803. The van der Waals surface area contributed by atoms with E-state index < -0.39 is 5.79 Å². The van der Waals surface area contributed by atoms with Crippen molar-refractivity contribution < 1.29 is 14.6 Å². The highest BCUT2D eigenvalue weighted by atomic mass is 16.8. The highest BCUT2D eigenvalue weighted by Gasteiger charge is 2.42. The van der Waals surface area contributed by atoms with Crippen molar-refractivity contribution in [1.29, 1.82) is 0 Å². The molecule has 1 fully saturated rings. The first-order valence-corrected chi connectivity index (χ1v) is 6.12. The van der Waals surface area contributed by atoms with Crippen LogP contribution in [-0.4, -0.2) is 17.5 Å². The molecule has 0 spiro atoms. The second-order valence-electron chi connectivity index (χ2n) is 4.72. The van der Waals surface area contributed by atoms with Gasteiger partial charge in [0.05, 0.1) is 0 Å². The molecule has 1 saturated heterocycles. The number of nitrogens with one attached hydrogen (secondary N) is 1. The SMILES string of the molecule is CC1(Oc2ccc(Nc3ccc(O)cc3)cc2)CO1. The van der Waals surface area contributed by atoms with Crippen molar-refractivity contribution in [2.75, 3.05) is 11.9 Å². The monoisotopic (exact) mass is 257 g/mol. The standard InChI is InChI=1S/C15H15NO3/c1-15(10-18-15)19-14-8-4-12(5-9-14)16-11-2-6-13(17)7-3-11/h2-9,16-17H,10H2,1H3. The number of anilines is 2. The molecule has 0 bridgehead atoms. The molecule has 1 aliphatic heterocycles. The zero-order valence-electron chi connectivity index (χ0n) is 10.6. The van der Waals surface area contributed by atoms with Gasteiger partial charge in [0, 0.05) is 18.3 Å². The number of phenols is 1. The van der Waals surface area contributed by atoms with Gasteiger partial charge in [-0.3, -0.25) is 0 Å². The first-order chi connectivity index (χ1) is 9.13. The molecule has 3 rings (SSSR count). The van der Waals surface area contributed by atoms with Gasteiger partial charge < -0.3 is 19.9 Å². The second-order valence-corrected chi connectivity index (χ2v) is 4.72. The average Bonchev–Trinajstić information content (AvgIpc) is 3.12. The Balaban J connectivity index is 1.66. The van der Waals surface area contributed by atoms with E-state index in [-0.39, 0.29) is 5.75 Å². The van der Waals surface area contributed by atoms with Gasteiger partial charge in [-0.05, 0) is 48.5 Å².